The van der Waals surface area contributed by atoms with Crippen molar-refractivity contribution in [3.63, 3.8) is 0 Å². The summed E-state index contributed by atoms with van der Waals surface area (Å²) in [4.78, 5) is 19.1. The first-order chi connectivity index (χ1) is 21.8. The Hall–Kier alpha value is -1.23. The number of fused-ring (bicyclic) bond motifs is 4. The highest BCUT2D eigenvalue weighted by Crippen LogP contribution is 2.87. The maximum absolute atomic E-state index is 13.1. The van der Waals surface area contributed by atoms with Crippen molar-refractivity contribution in [2.45, 2.75) is 135 Å². The highest BCUT2D eigenvalue weighted by molar-refractivity contribution is 7.59. The molecule has 2 aliphatic heterocycles. The van der Waals surface area contributed by atoms with E-state index >= 15 is 0 Å². The van der Waals surface area contributed by atoms with Crippen LogP contribution in [-0.2, 0) is 14.2 Å². The number of carbonyl (C=O) groups is 1. The minimum absolute atomic E-state index is 0. The number of amides is 1. The molecule has 7 aliphatic rings. The van der Waals surface area contributed by atoms with Crippen molar-refractivity contribution < 1.29 is 29.2 Å². The van der Waals surface area contributed by atoms with Gasteiger partial charge in [-0.2, -0.15) is 13.5 Å². The third kappa shape index (κ3) is 5.10. The van der Waals surface area contributed by atoms with Crippen LogP contribution in [0.4, 0.5) is 0 Å². The van der Waals surface area contributed by atoms with Gasteiger partial charge in [0.1, 0.15) is 6.10 Å². The summed E-state index contributed by atoms with van der Waals surface area (Å²) < 4.78 is 19.6. The van der Waals surface area contributed by atoms with Crippen LogP contribution in [0, 0.1) is 45.3 Å². The third-order valence-electron chi connectivity index (χ3n) is 15.2. The minimum Gasteiger partial charge on any atom is -0.388 e. The van der Waals surface area contributed by atoms with E-state index in [-0.39, 0.29) is 43.1 Å². The second-order valence-electron chi connectivity index (χ2n) is 17.8. The van der Waals surface area contributed by atoms with Crippen LogP contribution >= 0.6 is 13.5 Å². The standard InChI is InChI=1S/C38H56N2O6.H2S/c1-34(2)29-11-9-24-26-19-28-25(8-10-27(45-28)32(41)35(3,4)43)36(26,5)14-15-37(24)22-38(29,37)13-12-30(34)46-31-21-40(17-18-44-31)33(42)23-7-6-16-39-20-23;/h6-7,16,20,24-32,41,43H,8-15,17-19,21-22H2,1-5H3;1H2/t24?,25?,26?,27?,28?,29?,30-,31?,32-,36?,37-,38?;/m0./s1. The second kappa shape index (κ2) is 11.7. The zero-order valence-corrected chi connectivity index (χ0v) is 30.1. The fourth-order valence-corrected chi connectivity index (χ4v) is 12.9. The van der Waals surface area contributed by atoms with E-state index in [1.165, 1.54) is 38.5 Å². The van der Waals surface area contributed by atoms with Gasteiger partial charge in [0.05, 0.1) is 42.6 Å². The lowest BCUT2D eigenvalue weighted by Gasteiger charge is -2.60. The normalized spacial score (nSPS) is 45.6. The molecule has 7 fully saturated rings. The van der Waals surface area contributed by atoms with Gasteiger partial charge in [-0.25, -0.2) is 0 Å². The predicted octanol–water partition coefficient (Wildman–Crippen LogP) is 5.72. The van der Waals surface area contributed by atoms with Crippen LogP contribution in [-0.4, -0.2) is 82.0 Å². The summed E-state index contributed by atoms with van der Waals surface area (Å²) in [5.74, 6) is 2.65. The SMILES string of the molecule is CC12CC[C@@]34CC35CC[C@H](OC3CN(C(=O)c6cccnc6)CCO3)C(C)(C)C5CCC4C1CC1OC([C@H](O)C(C)(C)O)CCC12.S. The highest BCUT2D eigenvalue weighted by Gasteiger charge is 2.80. The summed E-state index contributed by atoms with van der Waals surface area (Å²) in [6.07, 6.45) is 14.1. The zero-order chi connectivity index (χ0) is 32.3. The van der Waals surface area contributed by atoms with Gasteiger partial charge < -0.3 is 29.3 Å². The van der Waals surface area contributed by atoms with Crippen molar-refractivity contribution >= 4 is 19.4 Å². The van der Waals surface area contributed by atoms with E-state index in [0.717, 1.165) is 31.6 Å². The molecule has 8 rings (SSSR count). The maximum Gasteiger partial charge on any atom is 0.255 e. The fraction of sp³-hybridized carbons (Fsp3) is 0.842. The van der Waals surface area contributed by atoms with Gasteiger partial charge in [-0.15, -0.1) is 0 Å². The molecule has 8 nitrogen and oxygen atoms in total. The van der Waals surface area contributed by atoms with Gasteiger partial charge in [0.25, 0.3) is 5.91 Å². The van der Waals surface area contributed by atoms with E-state index < -0.39 is 18.0 Å². The Labute approximate surface area is 288 Å². The van der Waals surface area contributed by atoms with E-state index in [1.807, 2.05) is 17.0 Å². The molecule has 2 N–H and O–H groups in total. The predicted molar refractivity (Wildman–Crippen MR) is 183 cm³/mol. The maximum atomic E-state index is 13.1. The first kappa shape index (κ1) is 34.2. The summed E-state index contributed by atoms with van der Waals surface area (Å²) >= 11 is 0. The van der Waals surface area contributed by atoms with Crippen molar-refractivity contribution in [3.05, 3.63) is 30.1 Å². The van der Waals surface area contributed by atoms with Crippen LogP contribution in [0.3, 0.4) is 0 Å². The quantitative estimate of drug-likeness (QED) is 0.414. The summed E-state index contributed by atoms with van der Waals surface area (Å²) in [6.45, 7) is 12.4. The van der Waals surface area contributed by atoms with Crippen LogP contribution < -0.4 is 0 Å². The summed E-state index contributed by atoms with van der Waals surface area (Å²) in [7, 11) is 0. The molecule has 1 amide bonds. The molecule has 2 saturated heterocycles. The number of rotatable bonds is 5. The largest absolute Gasteiger partial charge is 0.388 e. The lowest BCUT2D eigenvalue weighted by molar-refractivity contribution is -0.241. The van der Waals surface area contributed by atoms with Crippen LogP contribution in [0.2, 0.25) is 0 Å². The smallest absolute Gasteiger partial charge is 0.255 e. The van der Waals surface area contributed by atoms with Crippen LogP contribution in [0.1, 0.15) is 109 Å². The number of carbonyl (C=O) groups excluding carboxylic acids is 1. The van der Waals surface area contributed by atoms with E-state index in [0.29, 0.717) is 59.3 Å². The van der Waals surface area contributed by atoms with E-state index in [2.05, 4.69) is 25.8 Å². The molecule has 1 aromatic heterocycles. The Morgan fingerprint density at radius 3 is 2.60 bits per heavy atom. The van der Waals surface area contributed by atoms with E-state index in [9.17, 15) is 15.0 Å². The summed E-state index contributed by atoms with van der Waals surface area (Å²) in [5.41, 5.74) is 0.697. The molecule has 5 aliphatic carbocycles. The van der Waals surface area contributed by atoms with E-state index in [4.69, 9.17) is 14.2 Å². The fourth-order valence-electron chi connectivity index (χ4n) is 12.9. The Balaban J connectivity index is 0.00000351. The molecule has 0 bridgehead atoms. The number of ether oxygens (including phenoxy) is 3. The van der Waals surface area contributed by atoms with Crippen LogP contribution in [0.15, 0.2) is 24.5 Å². The monoisotopic (exact) mass is 670 g/mol. The zero-order valence-electron chi connectivity index (χ0n) is 29.1. The number of hydrogen-bond donors (Lipinski definition) is 2. The van der Waals surface area contributed by atoms with Gasteiger partial charge in [0.2, 0.25) is 0 Å². The molecule has 2 spiro atoms. The molecule has 9 unspecified atom stereocenters. The molecule has 0 radical (unpaired) electrons. The van der Waals surface area contributed by atoms with Crippen molar-refractivity contribution in [1.29, 1.82) is 0 Å². The molecular formula is C38H58N2O6S. The average Bonchev–Trinajstić information content (AvgIpc) is 3.61. The van der Waals surface area contributed by atoms with Gasteiger partial charge >= 0.3 is 0 Å². The Kier molecular flexibility index (Phi) is 8.49. The number of nitrogens with zero attached hydrogens (tertiary/aromatic N) is 2. The molecule has 262 valence electrons. The molecule has 12 atom stereocenters. The lowest BCUT2D eigenvalue weighted by atomic mass is 9.46. The Morgan fingerprint density at radius 1 is 1.06 bits per heavy atom. The molecule has 5 saturated carbocycles. The van der Waals surface area contributed by atoms with Crippen molar-refractivity contribution in [2.75, 3.05) is 19.7 Å². The van der Waals surface area contributed by atoms with Gasteiger partial charge in [0, 0.05) is 18.9 Å². The topological polar surface area (TPSA) is 101 Å². The highest BCUT2D eigenvalue weighted by atomic mass is 32.1. The van der Waals surface area contributed by atoms with Gasteiger partial charge in [0.15, 0.2) is 6.29 Å². The van der Waals surface area contributed by atoms with Crippen molar-refractivity contribution in [2.24, 2.45) is 45.3 Å². The number of aliphatic hydroxyl groups excluding tert-OH is 1. The Morgan fingerprint density at radius 2 is 1.85 bits per heavy atom. The van der Waals surface area contributed by atoms with Crippen LogP contribution in [0.25, 0.3) is 0 Å². The molecule has 9 heteroatoms. The number of aliphatic hydroxyl groups is 2. The van der Waals surface area contributed by atoms with Crippen LogP contribution in [0.5, 0.6) is 0 Å². The average molecular weight is 671 g/mol. The summed E-state index contributed by atoms with van der Waals surface area (Å²) in [6, 6.07) is 3.63. The molecule has 3 heterocycles. The number of morpholine rings is 1. The van der Waals surface area contributed by atoms with Gasteiger partial charge in [-0.3, -0.25) is 9.78 Å². The lowest BCUT2D eigenvalue weighted by Crippen LogP contribution is -2.56. The molecule has 1 aromatic rings. The number of aromatic nitrogens is 1. The molecule has 0 aromatic carbocycles. The minimum atomic E-state index is -1.15. The summed E-state index contributed by atoms with van der Waals surface area (Å²) in [5, 5.41) is 21.4. The molecular weight excluding hydrogens is 612 g/mol. The van der Waals surface area contributed by atoms with Gasteiger partial charge in [-0.05, 0) is 136 Å². The van der Waals surface area contributed by atoms with Crippen molar-refractivity contribution in [1.82, 2.24) is 9.88 Å². The first-order valence-corrected chi connectivity index (χ1v) is 18.3. The van der Waals surface area contributed by atoms with Gasteiger partial charge in [-0.1, -0.05) is 20.8 Å². The van der Waals surface area contributed by atoms with E-state index in [1.54, 1.807) is 26.2 Å². The number of hydrogen-bond acceptors (Lipinski definition) is 7. The second-order valence-corrected chi connectivity index (χ2v) is 17.8. The number of pyridine rings is 1. The van der Waals surface area contributed by atoms with Crippen molar-refractivity contribution in [3.8, 4) is 0 Å². The first-order valence-electron chi connectivity index (χ1n) is 18.3. The third-order valence-corrected chi connectivity index (χ3v) is 15.2. The Bertz CT molecular complexity index is 1340. The molecule has 47 heavy (non-hydrogen) atoms.